The van der Waals surface area contributed by atoms with Gasteiger partial charge in [-0.15, -0.1) is 0 Å². The third kappa shape index (κ3) is 3.68. The lowest BCUT2D eigenvalue weighted by atomic mass is 9.95. The van der Waals surface area contributed by atoms with Crippen molar-refractivity contribution in [3.8, 4) is 0 Å². The molecule has 132 valence electrons. The van der Waals surface area contributed by atoms with Crippen LogP contribution in [0.15, 0.2) is 18.3 Å². The number of hydrogen-bond acceptors (Lipinski definition) is 6. The molecule has 2 saturated heterocycles. The van der Waals surface area contributed by atoms with E-state index in [-0.39, 0.29) is 18.4 Å². The number of β-amino-alcohol motifs (C(OH)–C–C–N with tert-alkyl or cyclic N) is 1. The summed E-state index contributed by atoms with van der Waals surface area (Å²) in [5.74, 6) is 0.680. The summed E-state index contributed by atoms with van der Waals surface area (Å²) in [5, 5.41) is 19.3. The first kappa shape index (κ1) is 17.1. The Morgan fingerprint density at radius 3 is 2.71 bits per heavy atom. The maximum absolute atomic E-state index is 12.7. The Balaban J connectivity index is 1.69. The first-order chi connectivity index (χ1) is 11.6. The molecule has 3 rings (SSSR count). The Morgan fingerprint density at radius 2 is 2.04 bits per heavy atom. The molecule has 7 heteroatoms. The Labute approximate surface area is 142 Å². The molecule has 0 radical (unpaired) electrons. The van der Waals surface area contributed by atoms with Crippen LogP contribution in [0, 0.1) is 5.92 Å². The quantitative estimate of drug-likeness (QED) is 0.786. The van der Waals surface area contributed by atoms with E-state index in [1.807, 2.05) is 15.9 Å². The Morgan fingerprint density at radius 1 is 1.29 bits per heavy atom. The summed E-state index contributed by atoms with van der Waals surface area (Å²) in [5.41, 5.74) is 0.642. The molecule has 2 aliphatic rings. The average Bonchev–Trinajstić information content (AvgIpc) is 2.62. The molecular weight excluding hydrogens is 308 g/mol. The van der Waals surface area contributed by atoms with Crippen LogP contribution >= 0.6 is 0 Å². The van der Waals surface area contributed by atoms with Crippen LogP contribution in [0.5, 0.6) is 0 Å². The van der Waals surface area contributed by atoms with Crippen LogP contribution in [0.25, 0.3) is 0 Å². The molecule has 0 unspecified atom stereocenters. The fraction of sp³-hybridized carbons (Fsp3) is 0.647. The number of carbonyl (C=O) groups excluding carboxylic acids is 1. The van der Waals surface area contributed by atoms with Crippen molar-refractivity contribution in [2.45, 2.75) is 12.5 Å². The van der Waals surface area contributed by atoms with Gasteiger partial charge in [-0.1, -0.05) is 0 Å². The number of hydrogen-bond donors (Lipinski definition) is 2. The van der Waals surface area contributed by atoms with Gasteiger partial charge in [0.1, 0.15) is 5.82 Å². The highest BCUT2D eigenvalue weighted by Crippen LogP contribution is 2.23. The second-order valence-corrected chi connectivity index (χ2v) is 6.74. The summed E-state index contributed by atoms with van der Waals surface area (Å²) >= 11 is 0. The molecule has 1 aromatic rings. The summed E-state index contributed by atoms with van der Waals surface area (Å²) in [4.78, 5) is 23.1. The third-order valence-electron chi connectivity index (χ3n) is 5.06. The summed E-state index contributed by atoms with van der Waals surface area (Å²) < 4.78 is 0. The van der Waals surface area contributed by atoms with Crippen LogP contribution < -0.4 is 4.90 Å². The molecule has 24 heavy (non-hydrogen) atoms. The van der Waals surface area contributed by atoms with Crippen LogP contribution in [0.1, 0.15) is 16.8 Å². The summed E-state index contributed by atoms with van der Waals surface area (Å²) in [6, 6.07) is 3.56. The van der Waals surface area contributed by atoms with Gasteiger partial charge in [-0.2, -0.15) is 0 Å². The summed E-state index contributed by atoms with van der Waals surface area (Å²) in [6.45, 7) is 4.44. The number of anilines is 1. The molecule has 2 atom stereocenters. The van der Waals surface area contributed by atoms with Crippen molar-refractivity contribution in [1.29, 1.82) is 0 Å². The van der Waals surface area contributed by atoms with E-state index in [9.17, 15) is 15.0 Å². The molecule has 1 aromatic heterocycles. The van der Waals surface area contributed by atoms with Crippen molar-refractivity contribution < 1.29 is 15.0 Å². The van der Waals surface area contributed by atoms with Gasteiger partial charge in [0.15, 0.2) is 0 Å². The molecule has 0 aromatic carbocycles. The van der Waals surface area contributed by atoms with Crippen molar-refractivity contribution in [1.82, 2.24) is 14.8 Å². The molecule has 0 saturated carbocycles. The van der Waals surface area contributed by atoms with Gasteiger partial charge in [0.05, 0.1) is 6.10 Å². The lowest BCUT2D eigenvalue weighted by Crippen LogP contribution is -2.47. The van der Waals surface area contributed by atoms with Gasteiger partial charge < -0.3 is 24.9 Å². The predicted octanol–water partition coefficient (Wildman–Crippen LogP) is -0.351. The fourth-order valence-corrected chi connectivity index (χ4v) is 3.32. The van der Waals surface area contributed by atoms with Crippen molar-refractivity contribution in [3.05, 3.63) is 23.9 Å². The fourth-order valence-electron chi connectivity index (χ4n) is 3.32. The molecule has 0 spiro atoms. The van der Waals surface area contributed by atoms with Gasteiger partial charge in [-0.3, -0.25) is 4.79 Å². The molecule has 2 N–H and O–H groups in total. The lowest BCUT2D eigenvalue weighted by molar-refractivity contribution is 0.0546. The lowest BCUT2D eigenvalue weighted by Gasteiger charge is -2.36. The molecule has 2 aliphatic heterocycles. The summed E-state index contributed by atoms with van der Waals surface area (Å²) in [7, 11) is 2.06. The first-order valence-corrected chi connectivity index (χ1v) is 8.56. The number of piperidine rings is 1. The topological polar surface area (TPSA) is 80.1 Å². The highest BCUT2D eigenvalue weighted by Gasteiger charge is 2.28. The maximum atomic E-state index is 12.7. The maximum Gasteiger partial charge on any atom is 0.254 e. The Hall–Kier alpha value is -1.70. The van der Waals surface area contributed by atoms with Gasteiger partial charge in [-0.25, -0.2) is 4.98 Å². The van der Waals surface area contributed by atoms with E-state index in [1.165, 1.54) is 0 Å². The molecule has 7 nitrogen and oxygen atoms in total. The molecule has 1 amide bonds. The molecule has 3 heterocycles. The van der Waals surface area contributed by atoms with E-state index >= 15 is 0 Å². The highest BCUT2D eigenvalue weighted by atomic mass is 16.3. The number of rotatable bonds is 3. The predicted molar refractivity (Wildman–Crippen MR) is 91.1 cm³/mol. The number of aliphatic hydroxyl groups is 2. The van der Waals surface area contributed by atoms with Crippen LogP contribution in [-0.2, 0) is 0 Å². The number of pyridine rings is 1. The van der Waals surface area contributed by atoms with Crippen molar-refractivity contribution in [2.75, 3.05) is 57.8 Å². The Kier molecular flexibility index (Phi) is 5.33. The number of nitrogens with zero attached hydrogens (tertiary/aromatic N) is 4. The molecular formula is C17H26N4O3. The first-order valence-electron chi connectivity index (χ1n) is 8.56. The van der Waals surface area contributed by atoms with Gasteiger partial charge in [0.2, 0.25) is 0 Å². The number of piperazine rings is 1. The zero-order chi connectivity index (χ0) is 17.1. The van der Waals surface area contributed by atoms with Crippen LogP contribution in [-0.4, -0.2) is 89.9 Å². The van der Waals surface area contributed by atoms with E-state index in [0.29, 0.717) is 17.9 Å². The van der Waals surface area contributed by atoms with E-state index < -0.39 is 6.10 Å². The second kappa shape index (κ2) is 7.46. The standard InChI is InChI=1S/C17H26N4O3/c1-19-6-8-20(9-7-19)17(24)13-2-4-18-16(10-13)21-5-3-14(12-22)15(23)11-21/h2,4,10,14-15,22-23H,3,5-9,11-12H2,1H3/t14-,15-/m1/s1. The average molecular weight is 334 g/mol. The molecule has 0 aliphatic carbocycles. The number of aliphatic hydroxyl groups excluding tert-OH is 2. The number of amides is 1. The minimum absolute atomic E-state index is 0.00433. The summed E-state index contributed by atoms with van der Waals surface area (Å²) in [6.07, 6.45) is 1.81. The van der Waals surface area contributed by atoms with Gasteiger partial charge in [0.25, 0.3) is 5.91 Å². The van der Waals surface area contributed by atoms with E-state index in [0.717, 1.165) is 39.1 Å². The van der Waals surface area contributed by atoms with E-state index in [4.69, 9.17) is 0 Å². The number of likely N-dealkylation sites (N-methyl/N-ethyl adjacent to an activating group) is 1. The molecule has 2 fully saturated rings. The Bertz CT molecular complexity index is 575. The van der Waals surface area contributed by atoms with Crippen molar-refractivity contribution in [2.24, 2.45) is 5.92 Å². The van der Waals surface area contributed by atoms with Crippen LogP contribution in [0.2, 0.25) is 0 Å². The van der Waals surface area contributed by atoms with Crippen LogP contribution in [0.3, 0.4) is 0 Å². The zero-order valence-corrected chi connectivity index (χ0v) is 14.1. The van der Waals surface area contributed by atoms with Crippen molar-refractivity contribution in [3.63, 3.8) is 0 Å². The second-order valence-electron chi connectivity index (χ2n) is 6.74. The highest BCUT2D eigenvalue weighted by molar-refractivity contribution is 5.95. The van der Waals surface area contributed by atoms with Gasteiger partial charge in [0, 0.05) is 63.6 Å². The van der Waals surface area contributed by atoms with Gasteiger partial charge >= 0.3 is 0 Å². The van der Waals surface area contributed by atoms with E-state index in [2.05, 4.69) is 16.9 Å². The largest absolute Gasteiger partial charge is 0.396 e. The number of aromatic nitrogens is 1. The normalized spacial score (nSPS) is 25.8. The van der Waals surface area contributed by atoms with E-state index in [1.54, 1.807) is 12.3 Å². The third-order valence-corrected chi connectivity index (χ3v) is 5.06. The van der Waals surface area contributed by atoms with Gasteiger partial charge in [-0.05, 0) is 25.6 Å². The smallest absolute Gasteiger partial charge is 0.254 e. The van der Waals surface area contributed by atoms with Crippen molar-refractivity contribution >= 4 is 11.7 Å². The molecule has 0 bridgehead atoms. The monoisotopic (exact) mass is 334 g/mol. The zero-order valence-electron chi connectivity index (χ0n) is 14.1. The SMILES string of the molecule is CN1CCN(C(=O)c2ccnc(N3CC[C@H](CO)[C@H](O)C3)c2)CC1. The minimum Gasteiger partial charge on any atom is -0.396 e. The minimum atomic E-state index is -0.567. The van der Waals surface area contributed by atoms with Crippen LogP contribution in [0.4, 0.5) is 5.82 Å². The number of carbonyl (C=O) groups is 1.